The lowest BCUT2D eigenvalue weighted by atomic mass is 10.0. The molecule has 10 heteroatoms. The third-order valence-electron chi connectivity index (χ3n) is 3.57. The zero-order valence-corrected chi connectivity index (χ0v) is 16.1. The number of hydrogen-bond acceptors (Lipinski definition) is 6. The molecule has 142 valence electrons. The number of halogens is 3. The molecule has 5 nitrogen and oxygen atoms in total. The van der Waals surface area contributed by atoms with Gasteiger partial charge in [0.05, 0.1) is 17.0 Å². The quantitative estimate of drug-likeness (QED) is 0.655. The first-order chi connectivity index (χ1) is 12.1. The molecule has 0 aliphatic carbocycles. The van der Waals surface area contributed by atoms with Crippen molar-refractivity contribution in [2.75, 3.05) is 11.1 Å². The number of nitrogens with zero attached hydrogens (tertiary/aromatic N) is 2. The zero-order valence-electron chi connectivity index (χ0n) is 14.5. The predicted octanol–water partition coefficient (Wildman–Crippen LogP) is 4.70. The van der Waals surface area contributed by atoms with Gasteiger partial charge in [-0.05, 0) is 32.4 Å². The van der Waals surface area contributed by atoms with Gasteiger partial charge in [0, 0.05) is 5.54 Å². The third kappa shape index (κ3) is 5.87. The van der Waals surface area contributed by atoms with Crippen LogP contribution in [0.2, 0.25) is 0 Å². The van der Waals surface area contributed by atoms with Crippen LogP contribution in [0.3, 0.4) is 0 Å². The maximum absolute atomic E-state index is 13.0. The smallest absolute Gasteiger partial charge is 0.351 e. The van der Waals surface area contributed by atoms with Crippen molar-refractivity contribution in [1.82, 2.24) is 15.5 Å². The van der Waals surface area contributed by atoms with Gasteiger partial charge in [-0.1, -0.05) is 42.2 Å². The Morgan fingerprint density at radius 2 is 1.92 bits per heavy atom. The highest BCUT2D eigenvalue weighted by molar-refractivity contribution is 8.01. The van der Waals surface area contributed by atoms with Gasteiger partial charge in [0.25, 0.3) is 0 Å². The minimum Gasteiger partial charge on any atom is -0.351 e. The first-order valence-electron chi connectivity index (χ1n) is 7.81. The molecule has 2 aromatic rings. The van der Waals surface area contributed by atoms with Gasteiger partial charge in [-0.15, -0.1) is 10.2 Å². The Kier molecular flexibility index (Phi) is 6.51. The van der Waals surface area contributed by atoms with E-state index in [2.05, 4.69) is 20.8 Å². The lowest BCUT2D eigenvalue weighted by molar-refractivity contribution is -0.137. The van der Waals surface area contributed by atoms with Crippen LogP contribution in [0.1, 0.15) is 32.8 Å². The fourth-order valence-corrected chi connectivity index (χ4v) is 3.47. The number of rotatable bonds is 7. The molecule has 0 aliphatic heterocycles. The number of alkyl halides is 3. The molecule has 1 aromatic heterocycles. The van der Waals surface area contributed by atoms with E-state index in [-0.39, 0.29) is 28.0 Å². The number of benzene rings is 1. The topological polar surface area (TPSA) is 66.9 Å². The van der Waals surface area contributed by atoms with Crippen LogP contribution in [0.5, 0.6) is 0 Å². The van der Waals surface area contributed by atoms with Crippen LogP contribution >= 0.6 is 23.1 Å². The molecule has 0 unspecified atom stereocenters. The lowest BCUT2D eigenvalue weighted by Gasteiger charge is -2.24. The van der Waals surface area contributed by atoms with Crippen LogP contribution in [-0.4, -0.2) is 27.4 Å². The van der Waals surface area contributed by atoms with Crippen LogP contribution in [-0.2, 0) is 11.0 Å². The van der Waals surface area contributed by atoms with E-state index in [9.17, 15) is 18.0 Å². The predicted molar refractivity (Wildman–Crippen MR) is 97.9 cm³/mol. The molecule has 26 heavy (non-hydrogen) atoms. The second-order valence-corrected chi connectivity index (χ2v) is 8.32. The van der Waals surface area contributed by atoms with Crippen molar-refractivity contribution in [2.24, 2.45) is 0 Å². The summed E-state index contributed by atoms with van der Waals surface area (Å²) < 4.78 is 39.5. The third-order valence-corrected chi connectivity index (χ3v) is 5.54. The summed E-state index contributed by atoms with van der Waals surface area (Å²) >= 11 is 2.29. The molecule has 1 heterocycles. The number of hydrogen-bond donors (Lipinski definition) is 2. The Hall–Kier alpha value is -1.81. The number of carbonyl (C=O) groups excluding carboxylic acids is 1. The molecular weight excluding hydrogens is 385 g/mol. The van der Waals surface area contributed by atoms with Crippen LogP contribution in [0.4, 0.5) is 24.0 Å². The number of nitrogens with one attached hydrogen (secondary N) is 2. The molecule has 0 fully saturated rings. The van der Waals surface area contributed by atoms with Crippen LogP contribution in [0.25, 0.3) is 0 Å². The second kappa shape index (κ2) is 8.26. The first-order valence-corrected chi connectivity index (χ1v) is 9.61. The van der Waals surface area contributed by atoms with E-state index < -0.39 is 11.7 Å². The zero-order chi connectivity index (χ0) is 19.4. The van der Waals surface area contributed by atoms with Crippen molar-refractivity contribution in [2.45, 2.75) is 43.2 Å². The number of amides is 1. The fourth-order valence-electron chi connectivity index (χ4n) is 1.90. The van der Waals surface area contributed by atoms with Gasteiger partial charge in [0.2, 0.25) is 11.0 Å². The largest absolute Gasteiger partial charge is 0.418 e. The summed E-state index contributed by atoms with van der Waals surface area (Å²) in [5.41, 5.74) is -1.15. The van der Waals surface area contributed by atoms with Crippen molar-refractivity contribution in [3.05, 3.63) is 29.8 Å². The van der Waals surface area contributed by atoms with Gasteiger partial charge in [-0.3, -0.25) is 4.79 Å². The Morgan fingerprint density at radius 3 is 2.58 bits per heavy atom. The highest BCUT2D eigenvalue weighted by Gasteiger charge is 2.33. The molecule has 0 aliphatic rings. The normalized spacial score (nSPS) is 12.1. The molecule has 0 radical (unpaired) electrons. The maximum atomic E-state index is 13.0. The highest BCUT2D eigenvalue weighted by Crippen LogP contribution is 2.36. The SMILES string of the molecule is CCC(C)(C)NC(=O)CSc1nnc(Nc2ccccc2C(F)(F)F)s1. The minimum absolute atomic E-state index is 0.0878. The van der Waals surface area contributed by atoms with Crippen molar-refractivity contribution < 1.29 is 18.0 Å². The number of aromatic nitrogens is 2. The van der Waals surface area contributed by atoms with Gasteiger partial charge < -0.3 is 10.6 Å². The Bertz CT molecular complexity index is 762. The Balaban J connectivity index is 1.98. The standard InChI is InChI=1S/C16H19F3N4OS2/c1-4-15(2,3)21-12(24)9-25-14-23-22-13(26-14)20-11-8-6-5-7-10(11)16(17,18)19/h5-8H,4,9H2,1-3H3,(H,20,22)(H,21,24). The van der Waals surface area contributed by atoms with Crippen molar-refractivity contribution >= 4 is 39.8 Å². The van der Waals surface area contributed by atoms with E-state index in [1.165, 1.54) is 30.0 Å². The van der Waals surface area contributed by atoms with E-state index >= 15 is 0 Å². The van der Waals surface area contributed by atoms with E-state index in [1.807, 2.05) is 20.8 Å². The van der Waals surface area contributed by atoms with Gasteiger partial charge in [-0.2, -0.15) is 13.2 Å². The lowest BCUT2D eigenvalue weighted by Crippen LogP contribution is -2.43. The van der Waals surface area contributed by atoms with Gasteiger partial charge in [0.15, 0.2) is 4.34 Å². The van der Waals surface area contributed by atoms with Crippen molar-refractivity contribution in [3.8, 4) is 0 Å². The summed E-state index contributed by atoms with van der Waals surface area (Å²) in [4.78, 5) is 11.9. The molecule has 1 amide bonds. The van der Waals surface area contributed by atoms with Crippen LogP contribution < -0.4 is 10.6 Å². The summed E-state index contributed by atoms with van der Waals surface area (Å²) in [5.74, 6) is 0.0333. The van der Waals surface area contributed by atoms with Gasteiger partial charge in [0.1, 0.15) is 0 Å². The first kappa shape index (κ1) is 20.5. The Morgan fingerprint density at radius 1 is 1.23 bits per heavy atom. The van der Waals surface area contributed by atoms with Crippen molar-refractivity contribution in [1.29, 1.82) is 0 Å². The molecule has 2 rings (SSSR count). The summed E-state index contributed by atoms with van der Waals surface area (Å²) in [7, 11) is 0. The van der Waals surface area contributed by atoms with Gasteiger partial charge >= 0.3 is 6.18 Å². The highest BCUT2D eigenvalue weighted by atomic mass is 32.2. The molecule has 1 aromatic carbocycles. The number of para-hydroxylation sites is 1. The van der Waals surface area contributed by atoms with E-state index in [1.54, 1.807) is 0 Å². The van der Waals surface area contributed by atoms with E-state index in [0.717, 1.165) is 23.8 Å². The monoisotopic (exact) mass is 404 g/mol. The van der Waals surface area contributed by atoms with Gasteiger partial charge in [-0.25, -0.2) is 0 Å². The molecule has 0 saturated heterocycles. The summed E-state index contributed by atoms with van der Waals surface area (Å²) in [6.45, 7) is 5.84. The van der Waals surface area contributed by atoms with E-state index in [0.29, 0.717) is 4.34 Å². The number of anilines is 2. The fraction of sp³-hybridized carbons (Fsp3) is 0.438. The van der Waals surface area contributed by atoms with Crippen molar-refractivity contribution in [3.63, 3.8) is 0 Å². The van der Waals surface area contributed by atoms with E-state index in [4.69, 9.17) is 0 Å². The summed E-state index contributed by atoms with van der Waals surface area (Å²) in [6, 6.07) is 5.16. The molecule has 0 saturated carbocycles. The molecule has 0 atom stereocenters. The molecule has 0 spiro atoms. The molecular formula is C16H19F3N4OS2. The average Bonchev–Trinajstić information content (AvgIpc) is 2.99. The average molecular weight is 404 g/mol. The van der Waals surface area contributed by atoms with Crippen LogP contribution in [0.15, 0.2) is 28.6 Å². The summed E-state index contributed by atoms with van der Waals surface area (Å²) in [6.07, 6.45) is -3.66. The minimum atomic E-state index is -4.46. The second-order valence-electron chi connectivity index (χ2n) is 6.12. The van der Waals surface area contributed by atoms with Crippen LogP contribution in [0, 0.1) is 0 Å². The molecule has 0 bridgehead atoms. The number of thioether (sulfide) groups is 1. The maximum Gasteiger partial charge on any atom is 0.418 e. The summed E-state index contributed by atoms with van der Waals surface area (Å²) in [5, 5.41) is 13.5. The Labute approximate surface area is 157 Å². The number of carbonyl (C=O) groups is 1. The molecule has 2 N–H and O–H groups in total.